The van der Waals surface area contributed by atoms with Crippen molar-refractivity contribution >= 4 is 46.1 Å². The molecule has 5 heterocycles. The number of halogens is 4. The van der Waals surface area contributed by atoms with Gasteiger partial charge in [-0.25, -0.2) is 9.78 Å². The van der Waals surface area contributed by atoms with Crippen LogP contribution >= 0.6 is 22.9 Å². The molecule has 0 aliphatic carbocycles. The maximum Gasteiger partial charge on any atom is 0.573 e. The number of oxazole rings is 1. The Morgan fingerprint density at radius 1 is 1.26 bits per heavy atom. The van der Waals surface area contributed by atoms with Crippen molar-refractivity contribution in [2.45, 2.75) is 51.2 Å². The lowest BCUT2D eigenvalue weighted by molar-refractivity contribution is -0.274. The van der Waals surface area contributed by atoms with Crippen LogP contribution in [-0.2, 0) is 4.74 Å². The number of alkyl halides is 3. The summed E-state index contributed by atoms with van der Waals surface area (Å²) in [6.07, 6.45) is -2.97. The fourth-order valence-electron chi connectivity index (χ4n) is 4.26. The number of piperazine rings is 1. The number of thiazole rings is 1. The van der Waals surface area contributed by atoms with E-state index in [-0.39, 0.29) is 40.3 Å². The molecule has 13 heteroatoms. The molecular weight excluding hydrogens is 497 g/mol. The van der Waals surface area contributed by atoms with Crippen LogP contribution in [-0.4, -0.2) is 58.1 Å². The monoisotopic (exact) mass is 516 g/mol. The standard InChI is InChI=1S/C21H20ClF3N4O4S/c1-20(2,3)33-19(30)29-10-6-11(29)9-28(8-10)18-27-14-15(31-18)12(17-26-4-5-34-17)7-13(22)16(14)32-21(23,24)25/h4-5,7,10-11H,6,8-9H2,1-3H3. The number of piperidine rings is 1. The molecule has 2 aromatic heterocycles. The highest BCUT2D eigenvalue weighted by atomic mass is 35.5. The van der Waals surface area contributed by atoms with Gasteiger partial charge in [-0.2, -0.15) is 4.98 Å². The lowest BCUT2D eigenvalue weighted by Crippen LogP contribution is -2.70. The van der Waals surface area contributed by atoms with Gasteiger partial charge in [0.05, 0.1) is 22.7 Å². The second-order valence-electron chi connectivity index (χ2n) is 9.13. The molecule has 34 heavy (non-hydrogen) atoms. The maximum atomic E-state index is 13.1. The van der Waals surface area contributed by atoms with E-state index in [9.17, 15) is 18.0 Å². The van der Waals surface area contributed by atoms with Gasteiger partial charge < -0.3 is 18.8 Å². The molecule has 1 aromatic carbocycles. The first-order valence-electron chi connectivity index (χ1n) is 10.4. The average molecular weight is 517 g/mol. The van der Waals surface area contributed by atoms with Gasteiger partial charge in [0.25, 0.3) is 6.01 Å². The minimum atomic E-state index is -4.96. The van der Waals surface area contributed by atoms with E-state index < -0.39 is 17.7 Å². The molecule has 2 atom stereocenters. The molecule has 2 unspecified atom stereocenters. The summed E-state index contributed by atoms with van der Waals surface area (Å²) in [6, 6.07) is 1.23. The summed E-state index contributed by atoms with van der Waals surface area (Å²) in [7, 11) is 0. The minimum absolute atomic E-state index is 0.0943. The number of fused-ring (bicyclic) bond motifs is 3. The van der Waals surface area contributed by atoms with Gasteiger partial charge in [-0.1, -0.05) is 11.6 Å². The van der Waals surface area contributed by atoms with Crippen molar-refractivity contribution in [1.29, 1.82) is 0 Å². The number of amides is 1. The molecule has 0 radical (unpaired) electrons. The van der Waals surface area contributed by atoms with E-state index in [0.717, 1.165) is 6.42 Å². The number of hydrogen-bond acceptors (Lipinski definition) is 8. The predicted molar refractivity (Wildman–Crippen MR) is 119 cm³/mol. The molecule has 0 N–H and O–H groups in total. The predicted octanol–water partition coefficient (Wildman–Crippen LogP) is 5.70. The zero-order chi connectivity index (χ0) is 24.4. The van der Waals surface area contributed by atoms with Crippen molar-refractivity contribution in [3.05, 3.63) is 22.7 Å². The van der Waals surface area contributed by atoms with Crippen LogP contribution in [0.2, 0.25) is 5.02 Å². The Labute approximate surface area is 201 Å². The van der Waals surface area contributed by atoms with Crippen molar-refractivity contribution in [1.82, 2.24) is 14.9 Å². The highest BCUT2D eigenvalue weighted by molar-refractivity contribution is 7.13. The second-order valence-corrected chi connectivity index (χ2v) is 10.4. The number of nitrogens with zero attached hydrogens (tertiary/aromatic N) is 4. The summed E-state index contributed by atoms with van der Waals surface area (Å²) in [4.78, 5) is 24.6. The highest BCUT2D eigenvalue weighted by Crippen LogP contribution is 2.45. The van der Waals surface area contributed by atoms with Crippen LogP contribution in [0, 0.1) is 0 Å². The number of carbonyl (C=O) groups excluding carboxylic acids is 1. The molecule has 3 saturated heterocycles. The summed E-state index contributed by atoms with van der Waals surface area (Å²) >= 11 is 7.45. The molecule has 3 fully saturated rings. The largest absolute Gasteiger partial charge is 0.573 e. The van der Waals surface area contributed by atoms with E-state index >= 15 is 0 Å². The Morgan fingerprint density at radius 3 is 2.56 bits per heavy atom. The van der Waals surface area contributed by atoms with E-state index in [1.165, 1.54) is 17.4 Å². The molecule has 2 bridgehead atoms. The van der Waals surface area contributed by atoms with Crippen molar-refractivity contribution < 1.29 is 31.9 Å². The number of hydrogen-bond donors (Lipinski definition) is 0. The Balaban J connectivity index is 1.48. The number of benzene rings is 1. The van der Waals surface area contributed by atoms with Crippen LogP contribution in [0.25, 0.3) is 21.7 Å². The molecule has 0 saturated carbocycles. The number of rotatable bonds is 3. The van der Waals surface area contributed by atoms with Gasteiger partial charge in [0, 0.05) is 24.7 Å². The van der Waals surface area contributed by atoms with Crippen LogP contribution < -0.4 is 9.64 Å². The van der Waals surface area contributed by atoms with E-state index in [0.29, 0.717) is 23.7 Å². The molecule has 8 nitrogen and oxygen atoms in total. The smallest absolute Gasteiger partial charge is 0.444 e. The zero-order valence-electron chi connectivity index (χ0n) is 18.4. The van der Waals surface area contributed by atoms with Gasteiger partial charge in [-0.3, -0.25) is 4.90 Å². The summed E-state index contributed by atoms with van der Waals surface area (Å²) in [5.41, 5.74) is -0.243. The first-order valence-corrected chi connectivity index (χ1v) is 11.7. The lowest BCUT2D eigenvalue weighted by Gasteiger charge is -2.55. The number of ether oxygens (including phenoxy) is 2. The fraction of sp³-hybridized carbons (Fsp3) is 0.476. The maximum absolute atomic E-state index is 13.1. The number of carbonyl (C=O) groups is 1. The summed E-state index contributed by atoms with van der Waals surface area (Å²) in [5, 5.41) is 1.99. The Bertz CT molecular complexity index is 1230. The van der Waals surface area contributed by atoms with Crippen LogP contribution in [0.3, 0.4) is 0 Å². The van der Waals surface area contributed by atoms with E-state index in [1.807, 2.05) is 0 Å². The van der Waals surface area contributed by atoms with Crippen molar-refractivity contribution in [2.75, 3.05) is 18.0 Å². The van der Waals surface area contributed by atoms with Gasteiger partial charge >= 0.3 is 12.5 Å². The van der Waals surface area contributed by atoms with Crippen LogP contribution in [0.1, 0.15) is 27.2 Å². The molecular formula is C21H20ClF3N4O4S. The average Bonchev–Trinajstić information content (AvgIpc) is 3.38. The highest BCUT2D eigenvalue weighted by Gasteiger charge is 2.50. The molecule has 0 spiro atoms. The van der Waals surface area contributed by atoms with E-state index in [4.69, 9.17) is 20.8 Å². The second kappa shape index (κ2) is 7.91. The Hall–Kier alpha value is -2.73. The van der Waals surface area contributed by atoms with E-state index in [1.54, 1.807) is 42.1 Å². The molecule has 3 aliphatic heterocycles. The third-order valence-corrected chi connectivity index (χ3v) is 6.60. The first-order chi connectivity index (χ1) is 15.9. The SMILES string of the molecule is CC(C)(C)OC(=O)N1C2CC1CN(c1nc3c(OC(F)(F)F)c(Cl)cc(-c4nccs4)c3o1)C2. The lowest BCUT2D eigenvalue weighted by atomic mass is 9.88. The van der Waals surface area contributed by atoms with Crippen LogP contribution in [0.15, 0.2) is 22.1 Å². The zero-order valence-corrected chi connectivity index (χ0v) is 19.9. The first kappa shape index (κ1) is 23.0. The summed E-state index contributed by atoms with van der Waals surface area (Å²) < 4.78 is 54.8. The van der Waals surface area contributed by atoms with Gasteiger partial charge in [-0.15, -0.1) is 24.5 Å². The van der Waals surface area contributed by atoms with Crippen molar-refractivity contribution in [3.8, 4) is 16.3 Å². The molecule has 3 aromatic rings. The van der Waals surface area contributed by atoms with Gasteiger partial charge in [0.2, 0.25) is 0 Å². The number of anilines is 1. The Kier molecular flexibility index (Phi) is 5.36. The summed E-state index contributed by atoms with van der Waals surface area (Å²) in [6.45, 7) is 6.21. The molecule has 6 rings (SSSR count). The van der Waals surface area contributed by atoms with Crippen molar-refractivity contribution in [2.24, 2.45) is 0 Å². The van der Waals surface area contributed by atoms with E-state index in [2.05, 4.69) is 14.7 Å². The summed E-state index contributed by atoms with van der Waals surface area (Å²) in [5.74, 6) is -0.628. The van der Waals surface area contributed by atoms with Crippen LogP contribution in [0.5, 0.6) is 5.75 Å². The molecule has 3 aliphatic rings. The van der Waals surface area contributed by atoms with Crippen molar-refractivity contribution in [3.63, 3.8) is 0 Å². The topological polar surface area (TPSA) is 80.9 Å². The molecule has 182 valence electrons. The molecule has 1 amide bonds. The van der Waals surface area contributed by atoms with Gasteiger partial charge in [0.1, 0.15) is 10.6 Å². The third kappa shape index (κ3) is 4.24. The van der Waals surface area contributed by atoms with Crippen LogP contribution in [0.4, 0.5) is 24.0 Å². The number of aromatic nitrogens is 2. The fourth-order valence-corrected chi connectivity index (χ4v) is 5.15. The van der Waals surface area contributed by atoms with Gasteiger partial charge in [0.15, 0.2) is 16.8 Å². The Morgan fingerprint density at radius 2 is 1.97 bits per heavy atom. The minimum Gasteiger partial charge on any atom is -0.444 e. The normalized spacial score (nSPS) is 20.4. The third-order valence-electron chi connectivity index (χ3n) is 5.51. The quantitative estimate of drug-likeness (QED) is 0.441. The van der Waals surface area contributed by atoms with Gasteiger partial charge in [-0.05, 0) is 33.3 Å².